The van der Waals surface area contributed by atoms with Crippen molar-refractivity contribution in [3.05, 3.63) is 52.3 Å². The van der Waals surface area contributed by atoms with Gasteiger partial charge in [0.15, 0.2) is 0 Å². The van der Waals surface area contributed by atoms with E-state index in [2.05, 4.69) is 10.3 Å². The number of carbonyl (C=O) groups excluding carboxylic acids is 1. The number of aromatic nitrogens is 1. The van der Waals surface area contributed by atoms with Crippen LogP contribution in [0.3, 0.4) is 0 Å². The Morgan fingerprint density at radius 2 is 2.04 bits per heavy atom. The monoisotopic (exact) mass is 386 g/mol. The van der Waals surface area contributed by atoms with Crippen molar-refractivity contribution < 1.29 is 14.5 Å². The molecule has 8 nitrogen and oxygen atoms in total. The zero-order chi connectivity index (χ0) is 20.9. The minimum atomic E-state index is -0.537. The summed E-state index contributed by atoms with van der Waals surface area (Å²) in [7, 11) is 0. The molecule has 2 rings (SSSR count). The van der Waals surface area contributed by atoms with Gasteiger partial charge in [-0.1, -0.05) is 0 Å². The topological polar surface area (TPSA) is 120 Å². The Morgan fingerprint density at radius 3 is 2.64 bits per heavy atom. The van der Waals surface area contributed by atoms with Crippen molar-refractivity contribution in [3.63, 3.8) is 0 Å². The lowest BCUT2D eigenvalue weighted by atomic mass is 10.0. The lowest BCUT2D eigenvalue weighted by Crippen LogP contribution is -2.37. The highest BCUT2D eigenvalue weighted by atomic mass is 16.6. The number of aryl methyl sites for hydroxylation is 1. The predicted molar refractivity (Wildman–Crippen MR) is 108 cm³/mol. The van der Waals surface area contributed by atoms with Gasteiger partial charge in [0.05, 0.1) is 4.92 Å². The van der Waals surface area contributed by atoms with Crippen LogP contribution < -0.4 is 11.1 Å². The van der Waals surface area contributed by atoms with Crippen LogP contribution in [0.2, 0.25) is 0 Å². The summed E-state index contributed by atoms with van der Waals surface area (Å²) >= 11 is 0. The minimum absolute atomic E-state index is 0.0439. The molecular formula is C20H26N4O4. The molecule has 8 heteroatoms. The molecule has 1 aromatic carbocycles. The third-order valence-electron chi connectivity index (χ3n) is 3.97. The fraction of sp³-hybridized carbons (Fsp3) is 0.400. The third kappa shape index (κ3) is 6.22. The SMILES string of the molecule is CC(CCc1cc(-c2ccc([N+](=O)[O-])cc2N)ccn1)NC(=O)OC(C)(C)C. The van der Waals surface area contributed by atoms with E-state index in [9.17, 15) is 14.9 Å². The number of ether oxygens (including phenoxy) is 1. The van der Waals surface area contributed by atoms with Crippen molar-refractivity contribution in [2.75, 3.05) is 5.73 Å². The first-order chi connectivity index (χ1) is 13.0. The molecule has 1 amide bonds. The van der Waals surface area contributed by atoms with E-state index in [1.165, 1.54) is 12.1 Å². The molecule has 150 valence electrons. The normalized spacial score (nSPS) is 12.3. The van der Waals surface area contributed by atoms with E-state index in [0.717, 1.165) is 11.3 Å². The molecule has 0 aliphatic rings. The number of hydrogen-bond donors (Lipinski definition) is 2. The van der Waals surface area contributed by atoms with Crippen LogP contribution >= 0.6 is 0 Å². The Labute approximate surface area is 164 Å². The van der Waals surface area contributed by atoms with Crippen LogP contribution in [0.5, 0.6) is 0 Å². The van der Waals surface area contributed by atoms with Gasteiger partial charge in [-0.15, -0.1) is 0 Å². The number of nitro benzene ring substituents is 1. The van der Waals surface area contributed by atoms with Gasteiger partial charge in [0.1, 0.15) is 5.60 Å². The summed E-state index contributed by atoms with van der Waals surface area (Å²) in [5.41, 5.74) is 8.14. The number of carbonyl (C=O) groups is 1. The number of alkyl carbamates (subject to hydrolysis) is 1. The Kier molecular flexibility index (Phi) is 6.56. The van der Waals surface area contributed by atoms with Crippen LogP contribution in [0.15, 0.2) is 36.5 Å². The van der Waals surface area contributed by atoms with Gasteiger partial charge in [-0.25, -0.2) is 4.79 Å². The zero-order valence-corrected chi connectivity index (χ0v) is 16.6. The van der Waals surface area contributed by atoms with Gasteiger partial charge in [-0.05, 0) is 64.3 Å². The van der Waals surface area contributed by atoms with Gasteiger partial charge in [0, 0.05) is 41.3 Å². The van der Waals surface area contributed by atoms with Gasteiger partial charge in [0.25, 0.3) is 5.69 Å². The van der Waals surface area contributed by atoms with Crippen LogP contribution in [0, 0.1) is 10.1 Å². The number of benzene rings is 1. The van der Waals surface area contributed by atoms with Gasteiger partial charge < -0.3 is 15.8 Å². The van der Waals surface area contributed by atoms with E-state index in [4.69, 9.17) is 10.5 Å². The number of amides is 1. The summed E-state index contributed by atoms with van der Waals surface area (Å²) in [5, 5.41) is 13.7. The number of nitrogen functional groups attached to an aromatic ring is 1. The molecule has 0 bridgehead atoms. The maximum absolute atomic E-state index is 11.8. The Balaban J connectivity index is 2.02. The molecule has 0 radical (unpaired) electrons. The second-order valence-electron chi connectivity index (χ2n) is 7.65. The first kappa shape index (κ1) is 21.1. The largest absolute Gasteiger partial charge is 0.444 e. The Bertz CT molecular complexity index is 862. The van der Waals surface area contributed by atoms with Crippen molar-refractivity contribution in [1.29, 1.82) is 0 Å². The van der Waals surface area contributed by atoms with Gasteiger partial charge in [-0.3, -0.25) is 15.1 Å². The number of rotatable bonds is 6. The molecule has 1 unspecified atom stereocenters. The summed E-state index contributed by atoms with van der Waals surface area (Å²) in [4.78, 5) is 26.6. The number of non-ortho nitro benzene ring substituents is 1. The highest BCUT2D eigenvalue weighted by Crippen LogP contribution is 2.29. The van der Waals surface area contributed by atoms with E-state index < -0.39 is 16.6 Å². The summed E-state index contributed by atoms with van der Waals surface area (Å²) in [6.07, 6.45) is 2.57. The maximum atomic E-state index is 11.8. The standard InChI is InChI=1S/C20H26N4O4/c1-13(23-19(25)28-20(2,3)4)5-6-15-11-14(9-10-22-15)17-8-7-16(24(26)27)12-18(17)21/h7-13H,5-6,21H2,1-4H3,(H,23,25). The number of anilines is 1. The molecule has 0 saturated carbocycles. The summed E-state index contributed by atoms with van der Waals surface area (Å²) in [5.74, 6) is 0. The van der Waals surface area contributed by atoms with Crippen LogP contribution in [0.1, 0.15) is 39.8 Å². The number of nitro groups is 1. The molecular weight excluding hydrogens is 360 g/mol. The second-order valence-corrected chi connectivity index (χ2v) is 7.65. The van der Waals surface area contributed by atoms with Crippen molar-refractivity contribution >= 4 is 17.5 Å². The molecule has 1 aromatic heterocycles. The van der Waals surface area contributed by atoms with Crippen molar-refractivity contribution in [2.24, 2.45) is 0 Å². The van der Waals surface area contributed by atoms with Crippen molar-refractivity contribution in [1.82, 2.24) is 10.3 Å². The fourth-order valence-corrected chi connectivity index (χ4v) is 2.65. The molecule has 0 aliphatic heterocycles. The lowest BCUT2D eigenvalue weighted by molar-refractivity contribution is -0.384. The molecule has 28 heavy (non-hydrogen) atoms. The third-order valence-corrected chi connectivity index (χ3v) is 3.97. The summed E-state index contributed by atoms with van der Waals surface area (Å²) in [6.45, 7) is 7.35. The Morgan fingerprint density at radius 1 is 1.32 bits per heavy atom. The molecule has 2 aromatic rings. The van der Waals surface area contributed by atoms with E-state index in [0.29, 0.717) is 24.1 Å². The molecule has 1 heterocycles. The van der Waals surface area contributed by atoms with Crippen LogP contribution in [0.4, 0.5) is 16.2 Å². The molecule has 0 saturated heterocycles. The van der Waals surface area contributed by atoms with Gasteiger partial charge >= 0.3 is 6.09 Å². The van der Waals surface area contributed by atoms with Crippen LogP contribution in [-0.4, -0.2) is 27.6 Å². The number of nitrogens with two attached hydrogens (primary N) is 1. The summed E-state index contributed by atoms with van der Waals surface area (Å²) in [6, 6.07) is 8.05. The van der Waals surface area contributed by atoms with Crippen LogP contribution in [0.25, 0.3) is 11.1 Å². The minimum Gasteiger partial charge on any atom is -0.444 e. The van der Waals surface area contributed by atoms with E-state index >= 15 is 0 Å². The average Bonchev–Trinajstić information content (AvgIpc) is 2.58. The number of nitrogens with one attached hydrogen (secondary N) is 1. The first-order valence-electron chi connectivity index (χ1n) is 9.04. The Hall–Kier alpha value is -3.16. The molecule has 1 atom stereocenters. The number of hydrogen-bond acceptors (Lipinski definition) is 6. The molecule has 0 aliphatic carbocycles. The second kappa shape index (κ2) is 8.69. The van der Waals surface area contributed by atoms with Crippen LogP contribution in [-0.2, 0) is 11.2 Å². The zero-order valence-electron chi connectivity index (χ0n) is 16.6. The molecule has 3 N–H and O–H groups in total. The average molecular weight is 386 g/mol. The van der Waals surface area contributed by atoms with E-state index in [1.807, 2.05) is 39.8 Å². The predicted octanol–water partition coefficient (Wildman–Crippen LogP) is 4.08. The maximum Gasteiger partial charge on any atom is 0.407 e. The van der Waals surface area contributed by atoms with Gasteiger partial charge in [0.2, 0.25) is 0 Å². The van der Waals surface area contributed by atoms with Gasteiger partial charge in [-0.2, -0.15) is 0 Å². The molecule has 0 fully saturated rings. The highest BCUT2D eigenvalue weighted by Gasteiger charge is 2.18. The smallest absolute Gasteiger partial charge is 0.407 e. The first-order valence-corrected chi connectivity index (χ1v) is 9.04. The van der Waals surface area contributed by atoms with E-state index in [-0.39, 0.29) is 11.7 Å². The van der Waals surface area contributed by atoms with Crippen molar-refractivity contribution in [2.45, 2.75) is 52.2 Å². The highest BCUT2D eigenvalue weighted by molar-refractivity contribution is 5.78. The fourth-order valence-electron chi connectivity index (χ4n) is 2.65. The molecule has 0 spiro atoms. The summed E-state index contributed by atoms with van der Waals surface area (Å²) < 4.78 is 5.25. The number of nitrogens with zero attached hydrogens (tertiary/aromatic N) is 2. The number of pyridine rings is 1. The van der Waals surface area contributed by atoms with E-state index in [1.54, 1.807) is 12.3 Å². The van der Waals surface area contributed by atoms with Crippen molar-refractivity contribution in [3.8, 4) is 11.1 Å². The lowest BCUT2D eigenvalue weighted by Gasteiger charge is -2.22. The quantitative estimate of drug-likeness (QED) is 0.438.